The molecule has 0 atom stereocenters. The van der Waals surface area contributed by atoms with Gasteiger partial charge in [0.1, 0.15) is 5.52 Å². The van der Waals surface area contributed by atoms with E-state index in [1.807, 2.05) is 25.1 Å². The zero-order valence-corrected chi connectivity index (χ0v) is 21.4. The third-order valence-corrected chi connectivity index (χ3v) is 9.69. The van der Waals surface area contributed by atoms with Gasteiger partial charge >= 0.3 is 0 Å². The number of hydrogen-bond donors (Lipinski definition) is 1. The molecule has 7 nitrogen and oxygen atoms in total. The summed E-state index contributed by atoms with van der Waals surface area (Å²) in [7, 11) is -2.30. The number of nitrogens with two attached hydrogens (primary N) is 1. The van der Waals surface area contributed by atoms with Crippen molar-refractivity contribution in [2.75, 3.05) is 23.7 Å². The number of benzene rings is 2. The molecule has 0 radical (unpaired) electrons. The van der Waals surface area contributed by atoms with Gasteiger partial charge in [-0.05, 0) is 74.4 Å². The Kier molecular flexibility index (Phi) is 5.09. The monoisotopic (exact) mass is 502 g/mol. The first-order chi connectivity index (χ1) is 17.2. The summed E-state index contributed by atoms with van der Waals surface area (Å²) in [6.45, 7) is 3.86. The summed E-state index contributed by atoms with van der Waals surface area (Å²) in [5.74, 6) is 0. The molecule has 0 unspecified atom stereocenters. The van der Waals surface area contributed by atoms with Crippen LogP contribution in [-0.4, -0.2) is 30.0 Å². The van der Waals surface area contributed by atoms with Crippen molar-refractivity contribution in [2.45, 2.75) is 37.5 Å². The minimum atomic E-state index is -3.95. The van der Waals surface area contributed by atoms with Crippen molar-refractivity contribution in [3.05, 3.63) is 76.8 Å². The van der Waals surface area contributed by atoms with Gasteiger partial charge in [0, 0.05) is 60.4 Å². The van der Waals surface area contributed by atoms with Gasteiger partial charge in [0.25, 0.3) is 15.6 Å². The van der Waals surface area contributed by atoms with Gasteiger partial charge in [0.15, 0.2) is 0 Å². The van der Waals surface area contributed by atoms with E-state index < -0.39 is 10.0 Å². The van der Waals surface area contributed by atoms with Crippen molar-refractivity contribution in [1.29, 1.82) is 0 Å². The van der Waals surface area contributed by atoms with Crippen LogP contribution in [0.2, 0.25) is 0 Å². The van der Waals surface area contributed by atoms with E-state index in [0.717, 1.165) is 39.4 Å². The van der Waals surface area contributed by atoms with Gasteiger partial charge < -0.3 is 15.2 Å². The van der Waals surface area contributed by atoms with Gasteiger partial charge in [-0.1, -0.05) is 17.7 Å². The molecule has 2 aliphatic rings. The molecule has 1 spiro atoms. The van der Waals surface area contributed by atoms with E-state index in [2.05, 4.69) is 4.90 Å². The molecule has 4 aromatic rings. The van der Waals surface area contributed by atoms with Crippen LogP contribution in [0.25, 0.3) is 22.0 Å². The topological polar surface area (TPSA) is 90.3 Å². The number of hydrogen-bond acceptors (Lipinski definition) is 5. The number of fused-ring (bicyclic) bond motifs is 1. The molecule has 1 saturated carbocycles. The second kappa shape index (κ2) is 8.00. The Morgan fingerprint density at radius 2 is 1.61 bits per heavy atom. The first-order valence-corrected chi connectivity index (χ1v) is 13.8. The number of piperidine rings is 1. The van der Waals surface area contributed by atoms with Gasteiger partial charge in [-0.15, -0.1) is 0 Å². The van der Waals surface area contributed by atoms with Crippen molar-refractivity contribution in [1.82, 2.24) is 8.54 Å². The maximum Gasteiger partial charge on any atom is 0.275 e. The highest BCUT2D eigenvalue weighted by atomic mass is 32.2. The van der Waals surface area contributed by atoms with Crippen molar-refractivity contribution >= 4 is 32.3 Å². The van der Waals surface area contributed by atoms with Crippen LogP contribution in [0.15, 0.2) is 70.6 Å². The third-order valence-electron chi connectivity index (χ3n) is 8.00. The summed E-state index contributed by atoms with van der Waals surface area (Å²) in [5.41, 5.74) is 10.9. The maximum absolute atomic E-state index is 13.6. The molecule has 6 rings (SSSR count). The minimum absolute atomic E-state index is 0.138. The van der Waals surface area contributed by atoms with Crippen LogP contribution in [0.3, 0.4) is 0 Å². The van der Waals surface area contributed by atoms with Crippen molar-refractivity contribution < 1.29 is 8.42 Å². The second-order valence-corrected chi connectivity index (χ2v) is 12.2. The predicted molar refractivity (Wildman–Crippen MR) is 144 cm³/mol. The second-order valence-electron chi connectivity index (χ2n) is 10.4. The number of aryl methyl sites for hydroxylation is 2. The van der Waals surface area contributed by atoms with Crippen LogP contribution in [0, 0.1) is 12.3 Å². The minimum Gasteiger partial charge on any atom is -0.399 e. The highest BCUT2D eigenvalue weighted by molar-refractivity contribution is 7.90. The highest BCUT2D eigenvalue weighted by Crippen LogP contribution is 2.54. The number of pyridine rings is 1. The van der Waals surface area contributed by atoms with E-state index in [0.29, 0.717) is 16.5 Å². The zero-order chi connectivity index (χ0) is 25.2. The SMILES string of the molecule is Cc1ccc(S(=O)(=O)n2ccc3c(-c4cc(N)ccc4N4CCC5(CC4)CC5)cn(C)c(=O)c32)cc1. The molecule has 1 saturated heterocycles. The number of anilines is 2. The average molecular weight is 503 g/mol. The Bertz CT molecular complexity index is 1650. The van der Waals surface area contributed by atoms with E-state index in [4.69, 9.17) is 5.73 Å². The number of nitrogen functional groups attached to an aromatic ring is 1. The number of nitrogens with zero attached hydrogens (tertiary/aromatic N) is 3. The Labute approximate surface area is 210 Å². The first kappa shape index (κ1) is 22.9. The Morgan fingerprint density at radius 1 is 0.917 bits per heavy atom. The fraction of sp³-hybridized carbons (Fsp3) is 0.321. The lowest BCUT2D eigenvalue weighted by Gasteiger charge is -2.35. The molecule has 1 aliphatic carbocycles. The maximum atomic E-state index is 13.6. The summed E-state index contributed by atoms with van der Waals surface area (Å²) < 4.78 is 29.7. The van der Waals surface area contributed by atoms with E-state index >= 15 is 0 Å². The van der Waals surface area contributed by atoms with Crippen LogP contribution in [-0.2, 0) is 17.1 Å². The Morgan fingerprint density at radius 3 is 2.28 bits per heavy atom. The molecular weight excluding hydrogens is 472 g/mol. The fourth-order valence-corrected chi connectivity index (χ4v) is 6.86. The van der Waals surface area contributed by atoms with Gasteiger partial charge in [-0.3, -0.25) is 4.79 Å². The van der Waals surface area contributed by atoms with Gasteiger partial charge in [0.05, 0.1) is 4.90 Å². The van der Waals surface area contributed by atoms with Crippen molar-refractivity contribution in [2.24, 2.45) is 12.5 Å². The van der Waals surface area contributed by atoms with Gasteiger partial charge in [0.2, 0.25) is 0 Å². The Hall–Kier alpha value is -3.52. The van der Waals surface area contributed by atoms with E-state index in [-0.39, 0.29) is 16.0 Å². The number of rotatable bonds is 4. The van der Waals surface area contributed by atoms with Crippen molar-refractivity contribution in [3.63, 3.8) is 0 Å². The lowest BCUT2D eigenvalue weighted by Crippen LogP contribution is -2.34. The molecule has 0 bridgehead atoms. The molecule has 2 aromatic heterocycles. The molecule has 2 N–H and O–H groups in total. The van der Waals surface area contributed by atoms with Crippen LogP contribution in [0.1, 0.15) is 31.2 Å². The summed E-state index contributed by atoms with van der Waals surface area (Å²) >= 11 is 0. The molecule has 186 valence electrons. The average Bonchev–Trinajstić information content (AvgIpc) is 3.45. The zero-order valence-electron chi connectivity index (χ0n) is 20.6. The van der Waals surface area contributed by atoms with Crippen LogP contribution >= 0.6 is 0 Å². The lowest BCUT2D eigenvalue weighted by atomic mass is 9.92. The normalized spacial score (nSPS) is 17.1. The molecule has 0 amide bonds. The van der Waals surface area contributed by atoms with E-state index in [1.54, 1.807) is 43.6 Å². The smallest absolute Gasteiger partial charge is 0.275 e. The molecule has 1 aliphatic heterocycles. The van der Waals surface area contributed by atoms with E-state index in [1.165, 1.54) is 36.4 Å². The van der Waals surface area contributed by atoms with E-state index in [9.17, 15) is 13.2 Å². The largest absolute Gasteiger partial charge is 0.399 e. The van der Waals surface area contributed by atoms with Crippen LogP contribution in [0.4, 0.5) is 11.4 Å². The fourth-order valence-electron chi connectivity index (χ4n) is 5.51. The predicted octanol–water partition coefficient (Wildman–Crippen LogP) is 4.52. The van der Waals surface area contributed by atoms with Crippen LogP contribution < -0.4 is 16.2 Å². The highest BCUT2D eigenvalue weighted by Gasteiger charge is 2.44. The first-order valence-electron chi connectivity index (χ1n) is 12.4. The standard InChI is InChI=1S/C28H30N4O3S/c1-19-3-6-21(7-4-19)36(34,35)32-14-9-22-24(18-30(2)27(33)26(22)32)23-17-20(29)5-8-25(23)31-15-12-28(10-11-28)13-16-31/h3-9,14,17-18H,10-13,15-16,29H2,1-2H3. The lowest BCUT2D eigenvalue weighted by molar-refractivity contribution is 0.384. The van der Waals surface area contributed by atoms with Gasteiger partial charge in [-0.25, -0.2) is 12.4 Å². The number of aromatic nitrogens is 2. The summed E-state index contributed by atoms with van der Waals surface area (Å²) in [6, 6.07) is 14.3. The Balaban J connectivity index is 1.53. The quantitative estimate of drug-likeness (QED) is 0.415. The van der Waals surface area contributed by atoms with Gasteiger partial charge in [-0.2, -0.15) is 0 Å². The summed E-state index contributed by atoms with van der Waals surface area (Å²) in [6.07, 6.45) is 8.31. The molecule has 2 aromatic carbocycles. The van der Waals surface area contributed by atoms with Crippen LogP contribution in [0.5, 0.6) is 0 Å². The summed E-state index contributed by atoms with van der Waals surface area (Å²) in [4.78, 5) is 15.8. The summed E-state index contributed by atoms with van der Waals surface area (Å²) in [5, 5.41) is 0.594. The molecule has 8 heteroatoms. The van der Waals surface area contributed by atoms with Crippen molar-refractivity contribution in [3.8, 4) is 11.1 Å². The molecule has 2 fully saturated rings. The molecule has 36 heavy (non-hydrogen) atoms. The molecular formula is C28H30N4O3S. The third kappa shape index (κ3) is 3.63. The molecule has 3 heterocycles.